The summed E-state index contributed by atoms with van der Waals surface area (Å²) < 4.78 is 0. The topological polar surface area (TPSA) is 15.3 Å². The van der Waals surface area contributed by atoms with Gasteiger partial charge in [0.15, 0.2) is 0 Å². The lowest BCUT2D eigenvalue weighted by atomic mass is 9.97. The number of nitrogens with zero attached hydrogens (tertiary/aromatic N) is 1. The van der Waals surface area contributed by atoms with E-state index < -0.39 is 0 Å². The van der Waals surface area contributed by atoms with Gasteiger partial charge in [0, 0.05) is 25.2 Å². The van der Waals surface area contributed by atoms with Gasteiger partial charge in [-0.2, -0.15) is 0 Å². The van der Waals surface area contributed by atoms with Crippen LogP contribution in [0.25, 0.3) is 0 Å². The lowest BCUT2D eigenvalue weighted by Gasteiger charge is -2.36. The van der Waals surface area contributed by atoms with E-state index in [0.29, 0.717) is 0 Å². The minimum absolute atomic E-state index is 0.805. The zero-order chi connectivity index (χ0) is 12.1. The molecule has 1 saturated heterocycles. The summed E-state index contributed by atoms with van der Waals surface area (Å²) in [5.41, 5.74) is 1.37. The summed E-state index contributed by atoms with van der Waals surface area (Å²) in [5.74, 6) is 0. The van der Waals surface area contributed by atoms with Crippen LogP contribution in [0.1, 0.15) is 51.9 Å². The lowest BCUT2D eigenvalue weighted by Crippen LogP contribution is -2.41. The van der Waals surface area contributed by atoms with E-state index in [1.54, 1.807) is 0 Å². The molecule has 0 spiro atoms. The number of likely N-dealkylation sites (tertiary alicyclic amines) is 1. The summed E-state index contributed by atoms with van der Waals surface area (Å²) >= 11 is 0. The maximum absolute atomic E-state index is 4.24. The molecule has 1 aliphatic carbocycles. The van der Waals surface area contributed by atoms with Gasteiger partial charge in [-0.05, 0) is 44.2 Å². The van der Waals surface area contributed by atoms with Crippen molar-refractivity contribution in [1.29, 1.82) is 0 Å². The highest BCUT2D eigenvalue weighted by atomic mass is 15.2. The van der Waals surface area contributed by atoms with Gasteiger partial charge < -0.3 is 5.32 Å². The Hall–Kier alpha value is -0.340. The quantitative estimate of drug-likeness (QED) is 0.684. The third kappa shape index (κ3) is 4.44. The Labute approximate surface area is 106 Å². The molecule has 1 N–H and O–H groups in total. The van der Waals surface area contributed by atoms with E-state index in [2.05, 4.69) is 23.7 Å². The van der Waals surface area contributed by atoms with Gasteiger partial charge in [0.05, 0.1) is 0 Å². The van der Waals surface area contributed by atoms with E-state index in [1.807, 2.05) is 0 Å². The van der Waals surface area contributed by atoms with Crippen molar-refractivity contribution in [3.63, 3.8) is 0 Å². The van der Waals surface area contributed by atoms with E-state index in [-0.39, 0.29) is 0 Å². The van der Waals surface area contributed by atoms with Crippen molar-refractivity contribution in [2.75, 3.05) is 19.6 Å². The first-order chi connectivity index (χ1) is 8.29. The Morgan fingerprint density at radius 3 is 2.82 bits per heavy atom. The van der Waals surface area contributed by atoms with Gasteiger partial charge in [-0.1, -0.05) is 26.3 Å². The number of hydrogen-bond donors (Lipinski definition) is 1. The molecule has 2 nitrogen and oxygen atoms in total. The van der Waals surface area contributed by atoms with Crippen molar-refractivity contribution in [2.24, 2.45) is 0 Å². The van der Waals surface area contributed by atoms with Crippen LogP contribution in [-0.2, 0) is 0 Å². The van der Waals surface area contributed by atoms with Gasteiger partial charge in [-0.15, -0.1) is 0 Å². The molecule has 1 heterocycles. The Kier molecular flexibility index (Phi) is 5.05. The minimum atomic E-state index is 0.805. The molecule has 1 aliphatic heterocycles. The summed E-state index contributed by atoms with van der Waals surface area (Å²) in [5, 5.41) is 3.57. The standard InChI is InChI=1S/C15H28N2/c1-3-6-15-7-4-5-10-17(15)12-13(2)11-16-14-8-9-14/h14-16H,2-12H2,1H3. The van der Waals surface area contributed by atoms with Crippen LogP contribution in [0.2, 0.25) is 0 Å². The van der Waals surface area contributed by atoms with Crippen LogP contribution in [0.4, 0.5) is 0 Å². The van der Waals surface area contributed by atoms with Gasteiger partial charge in [0.2, 0.25) is 0 Å². The van der Waals surface area contributed by atoms with E-state index >= 15 is 0 Å². The van der Waals surface area contributed by atoms with E-state index in [0.717, 1.165) is 25.2 Å². The number of hydrogen-bond acceptors (Lipinski definition) is 2. The predicted molar refractivity (Wildman–Crippen MR) is 74.3 cm³/mol. The van der Waals surface area contributed by atoms with Crippen LogP contribution in [0.3, 0.4) is 0 Å². The number of nitrogens with one attached hydrogen (secondary N) is 1. The highest BCUT2D eigenvalue weighted by Gasteiger charge is 2.23. The molecule has 0 aromatic heterocycles. The third-order valence-electron chi connectivity index (χ3n) is 4.02. The van der Waals surface area contributed by atoms with Gasteiger partial charge in [0.1, 0.15) is 0 Å². The molecule has 0 radical (unpaired) electrons. The second kappa shape index (κ2) is 6.55. The van der Waals surface area contributed by atoms with E-state index in [9.17, 15) is 0 Å². The van der Waals surface area contributed by atoms with Gasteiger partial charge >= 0.3 is 0 Å². The second-order valence-electron chi connectivity index (χ2n) is 5.81. The molecule has 98 valence electrons. The molecule has 0 aromatic rings. The van der Waals surface area contributed by atoms with Crippen LogP contribution in [0.5, 0.6) is 0 Å². The van der Waals surface area contributed by atoms with Crippen molar-refractivity contribution in [3.8, 4) is 0 Å². The molecule has 0 amide bonds. The molecule has 2 rings (SSSR count). The Balaban J connectivity index is 1.71. The first kappa shape index (κ1) is 13.1. The van der Waals surface area contributed by atoms with Crippen LogP contribution in [0, 0.1) is 0 Å². The molecule has 0 aromatic carbocycles. The average molecular weight is 236 g/mol. The van der Waals surface area contributed by atoms with Crippen molar-refractivity contribution in [1.82, 2.24) is 10.2 Å². The molecule has 1 unspecified atom stereocenters. The van der Waals surface area contributed by atoms with E-state index in [4.69, 9.17) is 0 Å². The van der Waals surface area contributed by atoms with Crippen molar-refractivity contribution in [2.45, 2.75) is 64.0 Å². The largest absolute Gasteiger partial charge is 0.310 e. The molecule has 17 heavy (non-hydrogen) atoms. The lowest BCUT2D eigenvalue weighted by molar-refractivity contribution is 0.151. The molecule has 1 atom stereocenters. The van der Waals surface area contributed by atoms with Crippen molar-refractivity contribution in [3.05, 3.63) is 12.2 Å². The summed E-state index contributed by atoms with van der Waals surface area (Å²) in [7, 11) is 0. The van der Waals surface area contributed by atoms with Gasteiger partial charge in [-0.3, -0.25) is 4.90 Å². The van der Waals surface area contributed by atoms with Crippen LogP contribution in [-0.4, -0.2) is 36.6 Å². The first-order valence-electron chi connectivity index (χ1n) is 7.43. The fourth-order valence-corrected chi connectivity index (χ4v) is 2.85. The Morgan fingerprint density at radius 2 is 2.12 bits per heavy atom. The summed E-state index contributed by atoms with van der Waals surface area (Å²) in [6.07, 6.45) is 9.62. The van der Waals surface area contributed by atoms with Gasteiger partial charge in [0.25, 0.3) is 0 Å². The molecule has 1 saturated carbocycles. The molecule has 2 heteroatoms. The fourth-order valence-electron chi connectivity index (χ4n) is 2.85. The molecule has 0 bridgehead atoms. The summed E-state index contributed by atoms with van der Waals surface area (Å²) in [6.45, 7) is 9.97. The van der Waals surface area contributed by atoms with Gasteiger partial charge in [-0.25, -0.2) is 0 Å². The third-order valence-corrected chi connectivity index (χ3v) is 4.02. The summed E-state index contributed by atoms with van der Waals surface area (Å²) in [4.78, 5) is 2.67. The number of piperidine rings is 1. The van der Waals surface area contributed by atoms with Crippen LogP contribution in [0.15, 0.2) is 12.2 Å². The molecular weight excluding hydrogens is 208 g/mol. The summed E-state index contributed by atoms with van der Waals surface area (Å²) in [6, 6.07) is 1.63. The smallest absolute Gasteiger partial charge is 0.0205 e. The van der Waals surface area contributed by atoms with E-state index in [1.165, 1.54) is 57.1 Å². The van der Waals surface area contributed by atoms with Crippen molar-refractivity contribution >= 4 is 0 Å². The molecular formula is C15H28N2. The number of rotatable bonds is 7. The second-order valence-corrected chi connectivity index (χ2v) is 5.81. The molecule has 2 aliphatic rings. The Morgan fingerprint density at radius 1 is 1.29 bits per heavy atom. The zero-order valence-corrected chi connectivity index (χ0v) is 11.4. The molecule has 2 fully saturated rings. The SMILES string of the molecule is C=C(CNC1CC1)CN1CCCCC1CCC. The van der Waals surface area contributed by atoms with Crippen molar-refractivity contribution < 1.29 is 0 Å². The predicted octanol–water partition coefficient (Wildman–Crippen LogP) is 2.95. The fraction of sp³-hybridized carbons (Fsp3) is 0.867. The van der Waals surface area contributed by atoms with Crippen LogP contribution < -0.4 is 5.32 Å². The van der Waals surface area contributed by atoms with Crippen LogP contribution >= 0.6 is 0 Å². The first-order valence-corrected chi connectivity index (χ1v) is 7.43. The highest BCUT2D eigenvalue weighted by molar-refractivity contribution is 5.03. The highest BCUT2D eigenvalue weighted by Crippen LogP contribution is 2.22. The minimum Gasteiger partial charge on any atom is -0.310 e. The zero-order valence-electron chi connectivity index (χ0n) is 11.4. The normalized spacial score (nSPS) is 26.1. The average Bonchev–Trinajstić information content (AvgIpc) is 3.13. The Bertz CT molecular complexity index is 243. The maximum atomic E-state index is 4.24. The monoisotopic (exact) mass is 236 g/mol. The maximum Gasteiger partial charge on any atom is 0.0205 e.